The van der Waals surface area contributed by atoms with Crippen LogP contribution >= 0.6 is 0 Å². The highest BCUT2D eigenvalue weighted by atomic mass is 15.0. The number of H-pyrrole nitrogens is 1. The molecule has 0 radical (unpaired) electrons. The Morgan fingerprint density at radius 1 is 1.46 bits per heavy atom. The molecule has 3 N–H and O–H groups in total. The fourth-order valence-electron chi connectivity index (χ4n) is 1.31. The van der Waals surface area contributed by atoms with Crippen LogP contribution in [0.5, 0.6) is 0 Å². The Morgan fingerprint density at radius 2 is 2.23 bits per heavy atom. The predicted octanol–water partition coefficient (Wildman–Crippen LogP) is 1.10. The summed E-state index contributed by atoms with van der Waals surface area (Å²) in [5.74, 6) is 0. The molecule has 0 fully saturated rings. The molecule has 0 atom stereocenters. The van der Waals surface area contributed by atoms with E-state index in [1.54, 1.807) is 0 Å². The van der Waals surface area contributed by atoms with Crippen LogP contribution in [0.1, 0.15) is 19.4 Å². The zero-order valence-electron chi connectivity index (χ0n) is 8.65. The molecule has 1 aromatic rings. The van der Waals surface area contributed by atoms with Gasteiger partial charge in [0.1, 0.15) is 0 Å². The monoisotopic (exact) mass is 181 g/mol. The summed E-state index contributed by atoms with van der Waals surface area (Å²) >= 11 is 0. The van der Waals surface area contributed by atoms with E-state index in [1.165, 1.54) is 5.56 Å². The second-order valence-corrected chi connectivity index (χ2v) is 3.99. The Morgan fingerprint density at radius 3 is 2.77 bits per heavy atom. The van der Waals surface area contributed by atoms with Gasteiger partial charge in [0.05, 0.1) is 0 Å². The lowest BCUT2D eigenvalue weighted by atomic mass is 10.1. The lowest BCUT2D eigenvalue weighted by Gasteiger charge is -2.25. The van der Waals surface area contributed by atoms with Gasteiger partial charge in [0, 0.05) is 31.0 Å². The summed E-state index contributed by atoms with van der Waals surface area (Å²) in [7, 11) is 1.97. The molecule has 3 heteroatoms. The molecule has 1 aromatic heterocycles. The van der Waals surface area contributed by atoms with E-state index >= 15 is 0 Å². The highest BCUT2D eigenvalue weighted by molar-refractivity contribution is 5.08. The molecule has 3 nitrogen and oxygen atoms in total. The molecule has 74 valence electrons. The van der Waals surface area contributed by atoms with E-state index in [0.717, 1.165) is 13.1 Å². The maximum Gasteiger partial charge on any atom is 0.0252 e. The maximum absolute atomic E-state index is 3.48. The van der Waals surface area contributed by atoms with E-state index < -0.39 is 0 Å². The summed E-state index contributed by atoms with van der Waals surface area (Å²) in [4.78, 5) is 3.04. The first-order chi connectivity index (χ1) is 6.14. The molecule has 0 aliphatic heterocycles. The van der Waals surface area contributed by atoms with Gasteiger partial charge in [-0.15, -0.1) is 0 Å². The average molecular weight is 181 g/mol. The van der Waals surface area contributed by atoms with Crippen molar-refractivity contribution < 1.29 is 0 Å². The molecule has 13 heavy (non-hydrogen) atoms. The van der Waals surface area contributed by atoms with Crippen LogP contribution < -0.4 is 10.6 Å². The summed E-state index contributed by atoms with van der Waals surface area (Å²) in [6.07, 6.45) is 3.96. The van der Waals surface area contributed by atoms with Crippen molar-refractivity contribution in [1.82, 2.24) is 15.6 Å². The number of aromatic nitrogens is 1. The molecule has 0 saturated carbocycles. The molecule has 0 spiro atoms. The molecule has 1 rings (SSSR count). The summed E-state index contributed by atoms with van der Waals surface area (Å²) in [5.41, 5.74) is 1.44. The summed E-state index contributed by atoms with van der Waals surface area (Å²) in [6, 6.07) is 2.09. The van der Waals surface area contributed by atoms with Gasteiger partial charge in [-0.2, -0.15) is 0 Å². The highest BCUT2D eigenvalue weighted by Gasteiger charge is 2.14. The fourth-order valence-corrected chi connectivity index (χ4v) is 1.31. The standard InChI is InChI=1S/C10H19N3/c1-10(2,8-11-3)13-7-9-4-5-12-6-9/h4-6,11-13H,7-8H2,1-3H3. The van der Waals surface area contributed by atoms with E-state index in [-0.39, 0.29) is 5.54 Å². The third kappa shape index (κ3) is 3.61. The van der Waals surface area contributed by atoms with Gasteiger partial charge in [0.25, 0.3) is 0 Å². The smallest absolute Gasteiger partial charge is 0.0252 e. The number of rotatable bonds is 5. The minimum Gasteiger partial charge on any atom is -0.367 e. The minimum absolute atomic E-state index is 0.145. The van der Waals surface area contributed by atoms with Gasteiger partial charge in [-0.3, -0.25) is 0 Å². The SMILES string of the molecule is CNCC(C)(C)NCc1cc[nH]c1. The Labute approximate surface area is 79.9 Å². The number of hydrogen-bond donors (Lipinski definition) is 3. The van der Waals surface area contributed by atoms with Crippen molar-refractivity contribution in [3.63, 3.8) is 0 Å². The normalized spacial score (nSPS) is 11.9. The molecular formula is C10H19N3. The molecule has 1 heterocycles. The zero-order chi connectivity index (χ0) is 9.73. The predicted molar refractivity (Wildman–Crippen MR) is 55.6 cm³/mol. The number of likely N-dealkylation sites (N-methyl/N-ethyl adjacent to an activating group) is 1. The quantitative estimate of drug-likeness (QED) is 0.636. The van der Waals surface area contributed by atoms with Crippen LogP contribution in [0.3, 0.4) is 0 Å². The Balaban J connectivity index is 2.33. The second kappa shape index (κ2) is 4.44. The van der Waals surface area contributed by atoms with E-state index in [2.05, 4.69) is 35.5 Å². The van der Waals surface area contributed by atoms with E-state index in [1.807, 2.05) is 19.4 Å². The number of aromatic amines is 1. The van der Waals surface area contributed by atoms with Crippen molar-refractivity contribution in [1.29, 1.82) is 0 Å². The minimum atomic E-state index is 0.145. The molecule has 0 amide bonds. The van der Waals surface area contributed by atoms with Crippen LogP contribution in [0.4, 0.5) is 0 Å². The lowest BCUT2D eigenvalue weighted by Crippen LogP contribution is -2.46. The molecule has 0 unspecified atom stereocenters. The van der Waals surface area contributed by atoms with E-state index in [9.17, 15) is 0 Å². The van der Waals surface area contributed by atoms with Crippen molar-refractivity contribution >= 4 is 0 Å². The van der Waals surface area contributed by atoms with Crippen LogP contribution in [0.2, 0.25) is 0 Å². The lowest BCUT2D eigenvalue weighted by molar-refractivity contribution is 0.374. The molecule has 0 saturated heterocycles. The van der Waals surface area contributed by atoms with Crippen LogP contribution in [-0.4, -0.2) is 24.1 Å². The Bertz CT molecular complexity index is 226. The van der Waals surface area contributed by atoms with Crippen molar-refractivity contribution in [2.45, 2.75) is 25.9 Å². The van der Waals surface area contributed by atoms with Crippen molar-refractivity contribution in [2.75, 3.05) is 13.6 Å². The van der Waals surface area contributed by atoms with E-state index in [4.69, 9.17) is 0 Å². The van der Waals surface area contributed by atoms with E-state index in [0.29, 0.717) is 0 Å². The van der Waals surface area contributed by atoms with Crippen LogP contribution in [0.25, 0.3) is 0 Å². The Hall–Kier alpha value is -0.800. The first-order valence-electron chi connectivity index (χ1n) is 4.65. The van der Waals surface area contributed by atoms with Crippen LogP contribution in [0, 0.1) is 0 Å². The summed E-state index contributed by atoms with van der Waals surface area (Å²) in [6.45, 7) is 6.27. The van der Waals surface area contributed by atoms with Gasteiger partial charge in [-0.05, 0) is 32.5 Å². The third-order valence-electron chi connectivity index (χ3n) is 2.05. The van der Waals surface area contributed by atoms with Gasteiger partial charge in [-0.25, -0.2) is 0 Å². The summed E-state index contributed by atoms with van der Waals surface area (Å²) < 4.78 is 0. The Kier molecular flexibility index (Phi) is 3.51. The van der Waals surface area contributed by atoms with Gasteiger partial charge < -0.3 is 15.6 Å². The largest absolute Gasteiger partial charge is 0.367 e. The zero-order valence-corrected chi connectivity index (χ0v) is 8.65. The van der Waals surface area contributed by atoms with Gasteiger partial charge in [-0.1, -0.05) is 0 Å². The van der Waals surface area contributed by atoms with Crippen molar-refractivity contribution in [3.8, 4) is 0 Å². The molecule has 0 aliphatic carbocycles. The third-order valence-corrected chi connectivity index (χ3v) is 2.05. The van der Waals surface area contributed by atoms with Crippen molar-refractivity contribution in [2.24, 2.45) is 0 Å². The highest BCUT2D eigenvalue weighted by Crippen LogP contribution is 2.03. The van der Waals surface area contributed by atoms with Crippen LogP contribution in [0.15, 0.2) is 18.5 Å². The first kappa shape index (κ1) is 10.3. The van der Waals surface area contributed by atoms with Gasteiger partial charge >= 0.3 is 0 Å². The molecule has 0 aliphatic rings. The molecule has 0 aromatic carbocycles. The number of hydrogen-bond acceptors (Lipinski definition) is 2. The molecule has 0 bridgehead atoms. The van der Waals surface area contributed by atoms with Crippen molar-refractivity contribution in [3.05, 3.63) is 24.0 Å². The average Bonchev–Trinajstić information content (AvgIpc) is 2.52. The first-order valence-corrected chi connectivity index (χ1v) is 4.65. The second-order valence-electron chi connectivity index (χ2n) is 3.99. The maximum atomic E-state index is 3.48. The topological polar surface area (TPSA) is 39.8 Å². The summed E-state index contributed by atoms with van der Waals surface area (Å²) in [5, 5.41) is 6.65. The van der Waals surface area contributed by atoms with Gasteiger partial charge in [0.15, 0.2) is 0 Å². The fraction of sp³-hybridized carbons (Fsp3) is 0.600. The van der Waals surface area contributed by atoms with Gasteiger partial charge in [0.2, 0.25) is 0 Å². The molecular weight excluding hydrogens is 162 g/mol. The number of nitrogens with one attached hydrogen (secondary N) is 3. The van der Waals surface area contributed by atoms with Crippen LogP contribution in [-0.2, 0) is 6.54 Å².